The van der Waals surface area contributed by atoms with Crippen molar-refractivity contribution in [3.63, 3.8) is 0 Å². The number of aromatic nitrogens is 1. The molecule has 0 bridgehead atoms. The van der Waals surface area contributed by atoms with Crippen LogP contribution in [0.1, 0.15) is 37.7 Å². The summed E-state index contributed by atoms with van der Waals surface area (Å²) in [5.41, 5.74) is 2.76. The Balaban J connectivity index is 1.61. The van der Waals surface area contributed by atoms with Crippen LogP contribution in [0.2, 0.25) is 0 Å². The van der Waals surface area contributed by atoms with Crippen LogP contribution in [-0.4, -0.2) is 23.8 Å². The predicted octanol–water partition coefficient (Wildman–Crippen LogP) is 3.96. The molecule has 0 saturated heterocycles. The van der Waals surface area contributed by atoms with Gasteiger partial charge in [0.15, 0.2) is 5.82 Å². The largest absolute Gasteiger partial charge is 0.385 e. The highest BCUT2D eigenvalue weighted by Crippen LogP contribution is 2.17. The van der Waals surface area contributed by atoms with E-state index < -0.39 is 0 Å². The minimum atomic E-state index is -0.0655. The number of carbonyl (C=O) groups excluding carboxylic acids is 2. The third-order valence-corrected chi connectivity index (χ3v) is 3.98. The maximum absolute atomic E-state index is 12.0. The highest BCUT2D eigenvalue weighted by Gasteiger charge is 2.07. The summed E-state index contributed by atoms with van der Waals surface area (Å²) < 4.78 is 0. The van der Waals surface area contributed by atoms with Crippen LogP contribution in [0, 0.1) is 6.92 Å². The van der Waals surface area contributed by atoms with Gasteiger partial charge in [-0.05, 0) is 44.0 Å². The number of anilines is 3. The number of aryl methyl sites for hydroxylation is 1. The number of nitrogens with one attached hydrogen (secondary N) is 3. The second-order valence-corrected chi connectivity index (χ2v) is 6.17. The molecule has 6 heteroatoms. The van der Waals surface area contributed by atoms with E-state index in [1.165, 1.54) is 0 Å². The van der Waals surface area contributed by atoms with Gasteiger partial charge in [-0.3, -0.25) is 9.59 Å². The molecule has 0 aliphatic heterocycles. The SMILES string of the molecule is CNc1cccnc1NC(=O)CCCCCC(=O)Nc1ccc(C)cc1. The summed E-state index contributed by atoms with van der Waals surface area (Å²) in [5.74, 6) is 0.479. The summed E-state index contributed by atoms with van der Waals surface area (Å²) in [4.78, 5) is 28.0. The van der Waals surface area contributed by atoms with Crippen LogP contribution in [-0.2, 0) is 9.59 Å². The highest BCUT2D eigenvalue weighted by atomic mass is 16.2. The molecule has 0 aliphatic carbocycles. The van der Waals surface area contributed by atoms with E-state index in [1.54, 1.807) is 13.2 Å². The Morgan fingerprint density at radius 1 is 0.923 bits per heavy atom. The molecule has 1 heterocycles. The molecule has 1 aromatic carbocycles. The molecule has 0 fully saturated rings. The van der Waals surface area contributed by atoms with Gasteiger partial charge in [-0.15, -0.1) is 0 Å². The van der Waals surface area contributed by atoms with Gasteiger partial charge in [0.2, 0.25) is 11.8 Å². The van der Waals surface area contributed by atoms with Crippen LogP contribution in [0.15, 0.2) is 42.6 Å². The fourth-order valence-electron chi connectivity index (χ4n) is 2.51. The van der Waals surface area contributed by atoms with Crippen LogP contribution < -0.4 is 16.0 Å². The molecule has 0 unspecified atom stereocenters. The molecule has 3 N–H and O–H groups in total. The van der Waals surface area contributed by atoms with Crippen molar-refractivity contribution in [2.45, 2.75) is 39.0 Å². The normalized spacial score (nSPS) is 10.2. The van der Waals surface area contributed by atoms with E-state index in [9.17, 15) is 9.59 Å². The third-order valence-electron chi connectivity index (χ3n) is 3.98. The molecule has 138 valence electrons. The molecule has 0 atom stereocenters. The van der Waals surface area contributed by atoms with Crippen LogP contribution in [0.4, 0.5) is 17.2 Å². The minimum Gasteiger partial charge on any atom is -0.385 e. The van der Waals surface area contributed by atoms with Gasteiger partial charge in [-0.25, -0.2) is 4.98 Å². The first-order valence-corrected chi connectivity index (χ1v) is 8.87. The van der Waals surface area contributed by atoms with Crippen LogP contribution in [0.25, 0.3) is 0 Å². The fourth-order valence-corrected chi connectivity index (χ4v) is 2.51. The minimum absolute atomic E-state index is 0.00505. The second-order valence-electron chi connectivity index (χ2n) is 6.17. The van der Waals surface area contributed by atoms with Gasteiger partial charge in [0.25, 0.3) is 0 Å². The van der Waals surface area contributed by atoms with Gasteiger partial charge in [0.05, 0.1) is 5.69 Å². The lowest BCUT2D eigenvalue weighted by molar-refractivity contribution is -0.116. The first kappa shape index (κ1) is 19.4. The predicted molar refractivity (Wildman–Crippen MR) is 105 cm³/mol. The van der Waals surface area contributed by atoms with Crippen molar-refractivity contribution in [2.24, 2.45) is 0 Å². The van der Waals surface area contributed by atoms with Gasteiger partial charge < -0.3 is 16.0 Å². The zero-order valence-electron chi connectivity index (χ0n) is 15.3. The Bertz CT molecular complexity index is 729. The standard InChI is InChI=1S/C20H26N4O2/c1-15-10-12-16(13-11-15)23-18(25)8-4-3-5-9-19(26)24-20-17(21-2)7-6-14-22-20/h6-7,10-14,21H,3-5,8-9H2,1-2H3,(H,23,25)(H,22,24,26). The zero-order valence-corrected chi connectivity index (χ0v) is 15.3. The third kappa shape index (κ3) is 6.55. The number of rotatable bonds is 9. The van der Waals surface area contributed by atoms with E-state index in [0.29, 0.717) is 18.7 Å². The second kappa shape index (κ2) is 10.2. The van der Waals surface area contributed by atoms with E-state index in [2.05, 4.69) is 20.9 Å². The molecule has 26 heavy (non-hydrogen) atoms. The molecule has 2 aromatic rings. The van der Waals surface area contributed by atoms with Crippen LogP contribution in [0.5, 0.6) is 0 Å². The summed E-state index contributed by atoms with van der Waals surface area (Å²) in [5, 5.41) is 8.68. The summed E-state index contributed by atoms with van der Waals surface area (Å²) in [6, 6.07) is 11.4. The number of hydrogen-bond donors (Lipinski definition) is 3. The number of benzene rings is 1. The average Bonchev–Trinajstić information content (AvgIpc) is 2.64. The summed E-state index contributed by atoms with van der Waals surface area (Å²) in [6.07, 6.45) is 4.85. The number of unbranched alkanes of at least 4 members (excludes halogenated alkanes) is 2. The first-order chi connectivity index (χ1) is 12.6. The van der Waals surface area contributed by atoms with Gasteiger partial charge in [-0.2, -0.15) is 0 Å². The summed E-state index contributed by atoms with van der Waals surface area (Å²) in [7, 11) is 1.79. The summed E-state index contributed by atoms with van der Waals surface area (Å²) in [6.45, 7) is 2.01. The molecule has 2 amide bonds. The fraction of sp³-hybridized carbons (Fsp3) is 0.350. The van der Waals surface area contributed by atoms with Crippen LogP contribution in [0.3, 0.4) is 0 Å². The molecular formula is C20H26N4O2. The molecule has 0 spiro atoms. The lowest BCUT2D eigenvalue weighted by Crippen LogP contribution is -2.14. The number of carbonyl (C=O) groups is 2. The number of nitrogens with zero attached hydrogens (tertiary/aromatic N) is 1. The molecule has 0 saturated carbocycles. The van der Waals surface area contributed by atoms with Gasteiger partial charge >= 0.3 is 0 Å². The van der Waals surface area contributed by atoms with Crippen molar-refractivity contribution in [1.29, 1.82) is 0 Å². The summed E-state index contributed by atoms with van der Waals surface area (Å²) >= 11 is 0. The van der Waals surface area contributed by atoms with Gasteiger partial charge in [-0.1, -0.05) is 24.1 Å². The van der Waals surface area contributed by atoms with E-state index in [-0.39, 0.29) is 11.8 Å². The van der Waals surface area contributed by atoms with Gasteiger partial charge in [0.1, 0.15) is 0 Å². The average molecular weight is 354 g/mol. The van der Waals surface area contributed by atoms with E-state index in [4.69, 9.17) is 0 Å². The molecular weight excluding hydrogens is 328 g/mol. The van der Waals surface area contributed by atoms with E-state index >= 15 is 0 Å². The zero-order chi connectivity index (χ0) is 18.8. The number of amides is 2. The molecule has 0 aliphatic rings. The van der Waals surface area contributed by atoms with Crippen molar-refractivity contribution in [3.05, 3.63) is 48.2 Å². The topological polar surface area (TPSA) is 83.1 Å². The van der Waals surface area contributed by atoms with Gasteiger partial charge in [0, 0.05) is 31.8 Å². The van der Waals surface area contributed by atoms with E-state index in [1.807, 2.05) is 43.3 Å². The Morgan fingerprint density at radius 2 is 1.58 bits per heavy atom. The van der Waals surface area contributed by atoms with E-state index in [0.717, 1.165) is 36.2 Å². The monoisotopic (exact) mass is 354 g/mol. The van der Waals surface area contributed by atoms with Crippen molar-refractivity contribution in [1.82, 2.24) is 4.98 Å². The first-order valence-electron chi connectivity index (χ1n) is 8.87. The van der Waals surface area contributed by atoms with Crippen molar-refractivity contribution < 1.29 is 9.59 Å². The molecule has 2 rings (SSSR count). The van der Waals surface area contributed by atoms with Crippen molar-refractivity contribution in [3.8, 4) is 0 Å². The van der Waals surface area contributed by atoms with Crippen molar-refractivity contribution in [2.75, 3.05) is 23.0 Å². The smallest absolute Gasteiger partial charge is 0.225 e. The molecule has 0 radical (unpaired) electrons. The highest BCUT2D eigenvalue weighted by molar-refractivity contribution is 5.92. The number of pyridine rings is 1. The maximum Gasteiger partial charge on any atom is 0.225 e. The Labute approximate surface area is 154 Å². The molecule has 6 nitrogen and oxygen atoms in total. The lowest BCUT2D eigenvalue weighted by atomic mass is 10.1. The van der Waals surface area contributed by atoms with Crippen LogP contribution >= 0.6 is 0 Å². The lowest BCUT2D eigenvalue weighted by Gasteiger charge is -2.09. The maximum atomic E-state index is 12.0. The Kier molecular flexibility index (Phi) is 7.61. The number of hydrogen-bond acceptors (Lipinski definition) is 4. The Hall–Kier alpha value is -2.89. The Morgan fingerprint density at radius 3 is 2.23 bits per heavy atom. The molecule has 1 aromatic heterocycles. The van der Waals surface area contributed by atoms with Crippen molar-refractivity contribution >= 4 is 29.0 Å². The quantitative estimate of drug-likeness (QED) is 0.595.